The van der Waals surface area contributed by atoms with Gasteiger partial charge in [0.15, 0.2) is 11.5 Å². The fourth-order valence-electron chi connectivity index (χ4n) is 3.38. The molecule has 0 atom stereocenters. The number of ether oxygens (including phenoxy) is 2. The Morgan fingerprint density at radius 3 is 2.37 bits per heavy atom. The molecule has 30 heavy (non-hydrogen) atoms. The predicted octanol–water partition coefficient (Wildman–Crippen LogP) is 3.00. The van der Waals surface area contributed by atoms with E-state index in [0.29, 0.717) is 61.9 Å². The second-order valence-corrected chi connectivity index (χ2v) is 8.95. The summed E-state index contributed by atoms with van der Waals surface area (Å²) in [6.45, 7) is 5.93. The number of benzene rings is 2. The van der Waals surface area contributed by atoms with Gasteiger partial charge in [0.2, 0.25) is 10.0 Å². The van der Waals surface area contributed by atoms with E-state index in [2.05, 4.69) is 5.32 Å². The first-order valence-electron chi connectivity index (χ1n) is 10.2. The van der Waals surface area contributed by atoms with E-state index >= 15 is 0 Å². The molecule has 0 saturated carbocycles. The van der Waals surface area contributed by atoms with Crippen LogP contribution in [0.4, 0.5) is 5.69 Å². The van der Waals surface area contributed by atoms with Gasteiger partial charge in [-0.2, -0.15) is 0 Å². The van der Waals surface area contributed by atoms with Crippen LogP contribution < -0.4 is 19.1 Å². The van der Waals surface area contributed by atoms with Gasteiger partial charge in [-0.1, -0.05) is 6.07 Å². The van der Waals surface area contributed by atoms with Crippen molar-refractivity contribution in [3.63, 3.8) is 0 Å². The third-order valence-electron chi connectivity index (χ3n) is 4.82. The lowest BCUT2D eigenvalue weighted by Gasteiger charge is -2.17. The third kappa shape index (κ3) is 5.24. The Morgan fingerprint density at radius 2 is 1.73 bits per heavy atom. The number of rotatable bonds is 9. The Morgan fingerprint density at radius 1 is 1.03 bits per heavy atom. The standard InChI is InChI=1S/C22H28N2O5S/c1-3-28-20-11-6-17(16-21(20)29-4-2)12-13-23-22(25)18-7-9-19(10-8-18)24-14-5-15-30(24,26)27/h6-11,16H,3-5,12-15H2,1-2H3,(H,23,25). The van der Waals surface area contributed by atoms with Crippen LogP contribution >= 0.6 is 0 Å². The van der Waals surface area contributed by atoms with Crippen molar-refractivity contribution in [3.05, 3.63) is 53.6 Å². The summed E-state index contributed by atoms with van der Waals surface area (Å²) in [6.07, 6.45) is 1.28. The third-order valence-corrected chi connectivity index (χ3v) is 6.69. The molecule has 1 fully saturated rings. The minimum atomic E-state index is -3.22. The van der Waals surface area contributed by atoms with E-state index < -0.39 is 10.0 Å². The topological polar surface area (TPSA) is 84.9 Å². The lowest BCUT2D eigenvalue weighted by molar-refractivity contribution is 0.0954. The molecule has 162 valence electrons. The maximum absolute atomic E-state index is 12.4. The van der Waals surface area contributed by atoms with Crippen LogP contribution in [0.2, 0.25) is 0 Å². The van der Waals surface area contributed by atoms with E-state index in [1.807, 2.05) is 32.0 Å². The number of nitrogens with one attached hydrogen (secondary N) is 1. The van der Waals surface area contributed by atoms with Gasteiger partial charge in [-0.05, 0) is 68.7 Å². The molecule has 0 bridgehead atoms. The van der Waals surface area contributed by atoms with Crippen molar-refractivity contribution < 1.29 is 22.7 Å². The van der Waals surface area contributed by atoms with Gasteiger partial charge in [0.1, 0.15) is 0 Å². The molecule has 0 aromatic heterocycles. The van der Waals surface area contributed by atoms with E-state index in [1.54, 1.807) is 24.3 Å². The molecule has 1 N–H and O–H groups in total. The molecule has 1 saturated heterocycles. The fourth-order valence-corrected chi connectivity index (χ4v) is 4.95. The van der Waals surface area contributed by atoms with Crippen LogP contribution in [-0.4, -0.2) is 46.4 Å². The number of anilines is 1. The summed E-state index contributed by atoms with van der Waals surface area (Å²) in [4.78, 5) is 12.4. The highest BCUT2D eigenvalue weighted by Gasteiger charge is 2.28. The van der Waals surface area contributed by atoms with Crippen molar-refractivity contribution in [1.29, 1.82) is 0 Å². The van der Waals surface area contributed by atoms with E-state index in [0.717, 1.165) is 5.56 Å². The minimum absolute atomic E-state index is 0.172. The molecule has 7 nitrogen and oxygen atoms in total. The Kier molecular flexibility index (Phi) is 7.20. The first-order chi connectivity index (χ1) is 14.4. The van der Waals surface area contributed by atoms with Gasteiger partial charge in [0.25, 0.3) is 5.91 Å². The lowest BCUT2D eigenvalue weighted by atomic mass is 10.1. The average Bonchev–Trinajstić information content (AvgIpc) is 3.09. The Balaban J connectivity index is 1.56. The number of sulfonamides is 1. The van der Waals surface area contributed by atoms with Crippen molar-refractivity contribution in [2.24, 2.45) is 0 Å². The Hall–Kier alpha value is -2.74. The molecular formula is C22H28N2O5S. The maximum atomic E-state index is 12.4. The molecular weight excluding hydrogens is 404 g/mol. The molecule has 2 aromatic rings. The van der Waals surface area contributed by atoms with Crippen LogP contribution in [0.5, 0.6) is 11.5 Å². The number of nitrogens with zero attached hydrogens (tertiary/aromatic N) is 1. The summed E-state index contributed by atoms with van der Waals surface area (Å²) in [5.41, 5.74) is 2.13. The maximum Gasteiger partial charge on any atom is 0.251 e. The Bertz CT molecular complexity index is 974. The lowest BCUT2D eigenvalue weighted by Crippen LogP contribution is -2.27. The quantitative estimate of drug-likeness (QED) is 0.658. The van der Waals surface area contributed by atoms with Gasteiger partial charge in [-0.25, -0.2) is 8.42 Å². The van der Waals surface area contributed by atoms with Gasteiger partial charge in [-0.15, -0.1) is 0 Å². The molecule has 1 aliphatic heterocycles. The summed E-state index contributed by atoms with van der Waals surface area (Å²) >= 11 is 0. The minimum Gasteiger partial charge on any atom is -0.490 e. The highest BCUT2D eigenvalue weighted by atomic mass is 32.2. The molecule has 8 heteroatoms. The van der Waals surface area contributed by atoms with Gasteiger partial charge < -0.3 is 14.8 Å². The number of hydrogen-bond acceptors (Lipinski definition) is 5. The summed E-state index contributed by atoms with van der Waals surface area (Å²) in [7, 11) is -3.22. The van der Waals surface area contributed by atoms with E-state index in [4.69, 9.17) is 9.47 Å². The first kappa shape index (κ1) is 22.0. The Labute approximate surface area is 178 Å². The molecule has 3 rings (SSSR count). The smallest absolute Gasteiger partial charge is 0.251 e. The normalized spacial score (nSPS) is 15.1. The van der Waals surface area contributed by atoms with Crippen LogP contribution in [-0.2, 0) is 16.4 Å². The molecule has 1 aliphatic rings. The highest BCUT2D eigenvalue weighted by molar-refractivity contribution is 7.93. The number of carbonyl (C=O) groups is 1. The van der Waals surface area contributed by atoms with E-state index in [9.17, 15) is 13.2 Å². The molecule has 1 heterocycles. The summed E-state index contributed by atoms with van der Waals surface area (Å²) in [5, 5.41) is 2.90. The molecule has 0 aliphatic carbocycles. The van der Waals surface area contributed by atoms with Crippen molar-refractivity contribution >= 4 is 21.6 Å². The summed E-state index contributed by atoms with van der Waals surface area (Å²) < 4.78 is 36.6. The van der Waals surface area contributed by atoms with E-state index in [-0.39, 0.29) is 11.7 Å². The van der Waals surface area contributed by atoms with Crippen molar-refractivity contribution in [2.45, 2.75) is 26.7 Å². The zero-order chi connectivity index (χ0) is 21.6. The van der Waals surface area contributed by atoms with Crippen LogP contribution in [0.25, 0.3) is 0 Å². The van der Waals surface area contributed by atoms with Crippen molar-refractivity contribution in [2.75, 3.05) is 36.4 Å². The van der Waals surface area contributed by atoms with Crippen molar-refractivity contribution in [1.82, 2.24) is 5.32 Å². The second-order valence-electron chi connectivity index (χ2n) is 6.94. The largest absolute Gasteiger partial charge is 0.490 e. The zero-order valence-corrected chi connectivity index (χ0v) is 18.2. The van der Waals surface area contributed by atoms with Crippen LogP contribution in [0.15, 0.2) is 42.5 Å². The van der Waals surface area contributed by atoms with Crippen molar-refractivity contribution in [3.8, 4) is 11.5 Å². The molecule has 0 radical (unpaired) electrons. The predicted molar refractivity (Wildman–Crippen MR) is 117 cm³/mol. The van der Waals surface area contributed by atoms with Crippen LogP contribution in [0.1, 0.15) is 36.2 Å². The number of carbonyl (C=O) groups excluding carboxylic acids is 1. The molecule has 0 spiro atoms. The molecule has 1 amide bonds. The van der Waals surface area contributed by atoms with Crippen LogP contribution in [0, 0.1) is 0 Å². The highest BCUT2D eigenvalue weighted by Crippen LogP contribution is 2.28. The SMILES string of the molecule is CCOc1ccc(CCNC(=O)c2ccc(N3CCCS3(=O)=O)cc2)cc1OCC. The van der Waals surface area contributed by atoms with Crippen LogP contribution in [0.3, 0.4) is 0 Å². The monoisotopic (exact) mass is 432 g/mol. The van der Waals surface area contributed by atoms with Gasteiger partial charge in [-0.3, -0.25) is 9.10 Å². The summed E-state index contributed by atoms with van der Waals surface area (Å²) in [6, 6.07) is 12.5. The number of amides is 1. The van der Waals surface area contributed by atoms with Gasteiger partial charge in [0, 0.05) is 18.7 Å². The van der Waals surface area contributed by atoms with Gasteiger partial charge >= 0.3 is 0 Å². The number of hydrogen-bond donors (Lipinski definition) is 1. The second kappa shape index (κ2) is 9.84. The van der Waals surface area contributed by atoms with E-state index in [1.165, 1.54) is 4.31 Å². The fraction of sp³-hybridized carbons (Fsp3) is 0.409. The van der Waals surface area contributed by atoms with Gasteiger partial charge in [0.05, 0.1) is 24.7 Å². The zero-order valence-electron chi connectivity index (χ0n) is 17.4. The average molecular weight is 433 g/mol. The summed E-state index contributed by atoms with van der Waals surface area (Å²) in [5.74, 6) is 1.40. The first-order valence-corrected chi connectivity index (χ1v) is 11.8. The molecule has 2 aromatic carbocycles. The molecule has 0 unspecified atom stereocenters.